The minimum Gasteiger partial charge on any atom is -0.365 e. The van der Waals surface area contributed by atoms with Crippen LogP contribution >= 0.6 is 11.6 Å². The summed E-state index contributed by atoms with van der Waals surface area (Å²) < 4.78 is 4.86. The zero-order valence-electron chi connectivity index (χ0n) is 6.87. The SMILES string of the molecule is O=C(Cc1ncccc1Cl)C1CO1. The molecule has 1 atom stereocenters. The molecule has 4 heteroatoms. The zero-order chi connectivity index (χ0) is 9.26. The zero-order valence-corrected chi connectivity index (χ0v) is 7.62. The van der Waals surface area contributed by atoms with Gasteiger partial charge in [-0.25, -0.2) is 0 Å². The quantitative estimate of drug-likeness (QED) is 0.685. The fraction of sp³-hybridized carbons (Fsp3) is 0.333. The van der Waals surface area contributed by atoms with E-state index < -0.39 is 0 Å². The van der Waals surface area contributed by atoms with E-state index in [0.717, 1.165) is 0 Å². The summed E-state index contributed by atoms with van der Waals surface area (Å²) >= 11 is 5.84. The first kappa shape index (κ1) is 8.66. The van der Waals surface area contributed by atoms with Crippen molar-refractivity contribution >= 4 is 17.4 Å². The molecule has 0 aliphatic carbocycles. The molecule has 0 amide bonds. The van der Waals surface area contributed by atoms with Gasteiger partial charge in [-0.15, -0.1) is 0 Å². The molecule has 3 nitrogen and oxygen atoms in total. The summed E-state index contributed by atoms with van der Waals surface area (Å²) in [5.74, 6) is 0.0561. The van der Waals surface area contributed by atoms with Gasteiger partial charge in [-0.2, -0.15) is 0 Å². The molecule has 0 aromatic carbocycles. The van der Waals surface area contributed by atoms with Gasteiger partial charge in [0.25, 0.3) is 0 Å². The third-order valence-electron chi connectivity index (χ3n) is 1.87. The van der Waals surface area contributed by atoms with E-state index >= 15 is 0 Å². The molecule has 13 heavy (non-hydrogen) atoms. The number of Topliss-reactive ketones (excluding diaryl/α,β-unsaturated/α-hetero) is 1. The second-order valence-electron chi connectivity index (χ2n) is 2.90. The van der Waals surface area contributed by atoms with Crippen molar-refractivity contribution in [1.29, 1.82) is 0 Å². The van der Waals surface area contributed by atoms with Crippen LogP contribution in [0.1, 0.15) is 5.69 Å². The molecule has 0 radical (unpaired) electrons. The molecule has 1 aliphatic rings. The molecule has 1 aliphatic heterocycles. The summed E-state index contributed by atoms with van der Waals surface area (Å²) in [6.07, 6.45) is 1.69. The topological polar surface area (TPSA) is 42.5 Å². The maximum atomic E-state index is 11.3. The first-order valence-corrected chi connectivity index (χ1v) is 4.39. The molecule has 0 N–H and O–H groups in total. The summed E-state index contributed by atoms with van der Waals surface area (Å²) in [7, 11) is 0. The monoisotopic (exact) mass is 197 g/mol. The van der Waals surface area contributed by atoms with Gasteiger partial charge in [0.15, 0.2) is 5.78 Å². The van der Waals surface area contributed by atoms with Crippen LogP contribution in [-0.2, 0) is 16.0 Å². The van der Waals surface area contributed by atoms with Crippen LogP contribution in [0.15, 0.2) is 18.3 Å². The van der Waals surface area contributed by atoms with Gasteiger partial charge in [0.05, 0.1) is 23.7 Å². The van der Waals surface area contributed by atoms with Crippen LogP contribution in [0.4, 0.5) is 0 Å². The number of ketones is 1. The van der Waals surface area contributed by atoms with E-state index in [0.29, 0.717) is 17.3 Å². The van der Waals surface area contributed by atoms with Crippen LogP contribution < -0.4 is 0 Å². The number of nitrogens with zero attached hydrogens (tertiary/aromatic N) is 1. The normalized spacial score (nSPS) is 19.9. The lowest BCUT2D eigenvalue weighted by atomic mass is 10.1. The molecule has 1 aromatic rings. The Bertz CT molecular complexity index is 336. The number of ether oxygens (including phenoxy) is 1. The summed E-state index contributed by atoms with van der Waals surface area (Å²) in [6.45, 7) is 0.545. The average Bonchev–Trinajstić information content (AvgIpc) is 2.91. The Kier molecular flexibility index (Phi) is 2.29. The largest absolute Gasteiger partial charge is 0.365 e. The Hall–Kier alpha value is -0.930. The van der Waals surface area contributed by atoms with E-state index in [-0.39, 0.29) is 18.3 Å². The van der Waals surface area contributed by atoms with E-state index in [1.54, 1.807) is 18.3 Å². The summed E-state index contributed by atoms with van der Waals surface area (Å²) in [6, 6.07) is 3.47. The van der Waals surface area contributed by atoms with Gasteiger partial charge >= 0.3 is 0 Å². The first-order valence-electron chi connectivity index (χ1n) is 4.01. The average molecular weight is 198 g/mol. The lowest BCUT2D eigenvalue weighted by Crippen LogP contribution is -2.11. The van der Waals surface area contributed by atoms with Gasteiger partial charge in [0.1, 0.15) is 6.10 Å². The second kappa shape index (κ2) is 3.44. The maximum absolute atomic E-state index is 11.3. The maximum Gasteiger partial charge on any atom is 0.169 e. The Balaban J connectivity index is 2.08. The molecule has 1 unspecified atom stereocenters. The van der Waals surface area contributed by atoms with Crippen molar-refractivity contribution in [2.75, 3.05) is 6.61 Å². The van der Waals surface area contributed by atoms with Crippen LogP contribution in [0.3, 0.4) is 0 Å². The highest BCUT2D eigenvalue weighted by atomic mass is 35.5. The number of carbonyl (C=O) groups excluding carboxylic acids is 1. The molecule has 0 bridgehead atoms. The Morgan fingerprint density at radius 3 is 3.15 bits per heavy atom. The number of carbonyl (C=O) groups is 1. The van der Waals surface area contributed by atoms with Crippen molar-refractivity contribution in [3.8, 4) is 0 Å². The van der Waals surface area contributed by atoms with Gasteiger partial charge in [-0.1, -0.05) is 11.6 Å². The lowest BCUT2D eigenvalue weighted by molar-refractivity contribution is -0.119. The summed E-state index contributed by atoms with van der Waals surface area (Å²) in [5, 5.41) is 0.538. The number of hydrogen-bond donors (Lipinski definition) is 0. The fourth-order valence-electron chi connectivity index (χ4n) is 1.06. The second-order valence-corrected chi connectivity index (χ2v) is 3.30. The van der Waals surface area contributed by atoms with Crippen molar-refractivity contribution in [2.45, 2.75) is 12.5 Å². The Morgan fingerprint density at radius 2 is 2.54 bits per heavy atom. The third-order valence-corrected chi connectivity index (χ3v) is 2.21. The molecule has 2 heterocycles. The Labute approximate surface area is 80.7 Å². The minimum atomic E-state index is -0.210. The molecule has 1 aromatic heterocycles. The molecular weight excluding hydrogens is 190 g/mol. The number of halogens is 1. The standard InChI is InChI=1S/C9H8ClNO2/c10-6-2-1-3-11-7(6)4-8(12)9-5-13-9/h1-3,9H,4-5H2. The number of epoxide rings is 1. The fourth-order valence-corrected chi connectivity index (χ4v) is 1.25. The predicted octanol–water partition coefficient (Wildman–Crippen LogP) is 1.25. The van der Waals surface area contributed by atoms with Gasteiger partial charge in [0, 0.05) is 6.20 Å². The lowest BCUT2D eigenvalue weighted by Gasteiger charge is -1.99. The molecule has 1 saturated heterocycles. The van der Waals surface area contributed by atoms with Crippen LogP contribution in [0.25, 0.3) is 0 Å². The minimum absolute atomic E-state index is 0.0561. The smallest absolute Gasteiger partial charge is 0.169 e. The number of pyridine rings is 1. The molecule has 0 spiro atoms. The molecule has 0 saturated carbocycles. The van der Waals surface area contributed by atoms with Gasteiger partial charge in [-0.3, -0.25) is 9.78 Å². The van der Waals surface area contributed by atoms with Crippen LogP contribution in [-0.4, -0.2) is 23.5 Å². The van der Waals surface area contributed by atoms with E-state index in [1.165, 1.54) is 0 Å². The van der Waals surface area contributed by atoms with E-state index in [9.17, 15) is 4.79 Å². The van der Waals surface area contributed by atoms with Crippen LogP contribution in [0.2, 0.25) is 5.02 Å². The molecule has 68 valence electrons. The first-order chi connectivity index (χ1) is 6.27. The third kappa shape index (κ3) is 2.05. The molecule has 1 fully saturated rings. The molecule has 2 rings (SSSR count). The predicted molar refractivity (Wildman–Crippen MR) is 47.7 cm³/mol. The van der Waals surface area contributed by atoms with Gasteiger partial charge in [0.2, 0.25) is 0 Å². The number of aromatic nitrogens is 1. The van der Waals surface area contributed by atoms with Crippen LogP contribution in [0, 0.1) is 0 Å². The van der Waals surface area contributed by atoms with E-state index in [4.69, 9.17) is 16.3 Å². The van der Waals surface area contributed by atoms with Crippen molar-refractivity contribution in [3.05, 3.63) is 29.0 Å². The Morgan fingerprint density at radius 1 is 1.77 bits per heavy atom. The molecular formula is C9H8ClNO2. The highest BCUT2D eigenvalue weighted by Gasteiger charge is 2.31. The van der Waals surface area contributed by atoms with Crippen molar-refractivity contribution in [2.24, 2.45) is 0 Å². The van der Waals surface area contributed by atoms with Crippen molar-refractivity contribution < 1.29 is 9.53 Å². The summed E-state index contributed by atoms with van der Waals surface area (Å²) in [4.78, 5) is 15.3. The van der Waals surface area contributed by atoms with E-state index in [1.807, 2.05) is 0 Å². The summed E-state index contributed by atoms with van der Waals surface area (Å²) in [5.41, 5.74) is 0.629. The van der Waals surface area contributed by atoms with Crippen LogP contribution in [0.5, 0.6) is 0 Å². The number of rotatable bonds is 3. The van der Waals surface area contributed by atoms with E-state index in [2.05, 4.69) is 4.98 Å². The highest BCUT2D eigenvalue weighted by Crippen LogP contribution is 2.17. The van der Waals surface area contributed by atoms with Gasteiger partial charge < -0.3 is 4.74 Å². The van der Waals surface area contributed by atoms with Crippen molar-refractivity contribution in [1.82, 2.24) is 4.98 Å². The highest BCUT2D eigenvalue weighted by molar-refractivity contribution is 6.31. The number of hydrogen-bond acceptors (Lipinski definition) is 3. The van der Waals surface area contributed by atoms with Crippen molar-refractivity contribution in [3.63, 3.8) is 0 Å². The van der Waals surface area contributed by atoms with Gasteiger partial charge in [-0.05, 0) is 12.1 Å².